The number of amides is 1. The zero-order valence-electron chi connectivity index (χ0n) is 14.6. The summed E-state index contributed by atoms with van der Waals surface area (Å²) in [7, 11) is 2.34. The van der Waals surface area contributed by atoms with Crippen molar-refractivity contribution in [2.24, 2.45) is 5.92 Å². The van der Waals surface area contributed by atoms with Crippen molar-refractivity contribution < 1.29 is 37.0 Å². The lowest BCUT2D eigenvalue weighted by Gasteiger charge is -2.19. The third kappa shape index (κ3) is 6.38. The maximum atomic E-state index is 12.5. The van der Waals surface area contributed by atoms with Crippen molar-refractivity contribution in [2.75, 3.05) is 14.2 Å². The Kier molecular flexibility index (Phi) is 7.60. The van der Waals surface area contributed by atoms with E-state index in [-0.39, 0.29) is 12.8 Å². The highest BCUT2D eigenvalue weighted by Crippen LogP contribution is 2.29. The van der Waals surface area contributed by atoms with E-state index in [4.69, 9.17) is 0 Å². The van der Waals surface area contributed by atoms with Gasteiger partial charge in [0.2, 0.25) is 5.91 Å². The van der Waals surface area contributed by atoms with E-state index in [0.29, 0.717) is 5.56 Å². The number of benzene rings is 1. The van der Waals surface area contributed by atoms with Crippen LogP contribution in [0, 0.1) is 5.92 Å². The van der Waals surface area contributed by atoms with Crippen molar-refractivity contribution in [3.63, 3.8) is 0 Å². The van der Waals surface area contributed by atoms with E-state index in [0.717, 1.165) is 19.2 Å². The van der Waals surface area contributed by atoms with Crippen molar-refractivity contribution in [1.29, 1.82) is 0 Å². The summed E-state index contributed by atoms with van der Waals surface area (Å²) in [5.41, 5.74) is -0.471. The molecule has 1 rings (SSSR count). The molecule has 0 bridgehead atoms. The second-order valence-corrected chi connectivity index (χ2v) is 5.67. The molecule has 2 atom stereocenters. The van der Waals surface area contributed by atoms with E-state index in [2.05, 4.69) is 14.8 Å². The predicted molar refractivity (Wildman–Crippen MR) is 84.9 cm³/mol. The van der Waals surface area contributed by atoms with Crippen molar-refractivity contribution in [3.8, 4) is 0 Å². The quantitative estimate of drug-likeness (QED) is 0.738. The van der Waals surface area contributed by atoms with Crippen LogP contribution in [0.25, 0.3) is 0 Å². The fourth-order valence-electron chi connectivity index (χ4n) is 2.25. The van der Waals surface area contributed by atoms with Crippen LogP contribution in [0.2, 0.25) is 0 Å². The molecule has 0 saturated carbocycles. The third-order valence-electron chi connectivity index (χ3n) is 3.66. The molecule has 0 fully saturated rings. The van der Waals surface area contributed by atoms with E-state index in [1.807, 2.05) is 0 Å². The molecule has 1 aromatic rings. The Labute approximate surface area is 148 Å². The second kappa shape index (κ2) is 9.21. The molecule has 0 aliphatic heterocycles. The minimum Gasteiger partial charge on any atom is -0.469 e. The zero-order chi connectivity index (χ0) is 19.9. The number of nitrogens with one attached hydrogen (secondary N) is 1. The first-order chi connectivity index (χ1) is 12.1. The average Bonchev–Trinajstić information content (AvgIpc) is 2.59. The molecule has 0 aliphatic carbocycles. The van der Waals surface area contributed by atoms with Gasteiger partial charge in [-0.2, -0.15) is 13.2 Å². The Morgan fingerprint density at radius 1 is 1.04 bits per heavy atom. The zero-order valence-corrected chi connectivity index (χ0v) is 14.6. The van der Waals surface area contributed by atoms with E-state index < -0.39 is 41.5 Å². The smallest absolute Gasteiger partial charge is 0.416 e. The molecule has 9 heteroatoms. The minimum absolute atomic E-state index is 0.0297. The highest BCUT2D eigenvalue weighted by molar-refractivity contribution is 5.86. The van der Waals surface area contributed by atoms with Crippen LogP contribution in [-0.2, 0) is 36.5 Å². The van der Waals surface area contributed by atoms with Crippen LogP contribution in [0.5, 0.6) is 0 Å². The molecule has 1 N–H and O–H groups in total. The van der Waals surface area contributed by atoms with Crippen LogP contribution in [0.1, 0.15) is 24.5 Å². The Morgan fingerprint density at radius 3 is 2.04 bits per heavy atom. The number of carbonyl (C=O) groups excluding carboxylic acids is 3. The summed E-state index contributed by atoms with van der Waals surface area (Å²) in [4.78, 5) is 35.3. The van der Waals surface area contributed by atoms with E-state index in [1.165, 1.54) is 26.2 Å². The fourth-order valence-corrected chi connectivity index (χ4v) is 2.25. The monoisotopic (exact) mass is 375 g/mol. The number of esters is 2. The maximum Gasteiger partial charge on any atom is 0.416 e. The molecule has 0 aliphatic rings. The minimum atomic E-state index is -4.46. The summed E-state index contributed by atoms with van der Waals surface area (Å²) in [6, 6.07) is 3.05. The number of halogens is 3. The standard InChI is InChI=1S/C17H20F3NO5/c1-10(15(23)25-2)8-13(16(24)26-3)21-14(22)9-11-4-6-12(7-5-11)17(18,19)20/h4-7,10,13H,8-9H2,1-3H3,(H,21,22)/t10-,13+/m1/s1. The molecule has 0 saturated heterocycles. The first kappa shape index (κ1) is 21.5. The molecule has 0 radical (unpaired) electrons. The molecule has 0 aromatic heterocycles. The Bertz CT molecular complexity index is 643. The van der Waals surface area contributed by atoms with Gasteiger partial charge >= 0.3 is 18.1 Å². The Morgan fingerprint density at radius 2 is 1.58 bits per heavy atom. The molecule has 1 amide bonds. The number of methoxy groups -OCH3 is 2. The Balaban J connectivity index is 2.74. The molecule has 0 unspecified atom stereocenters. The van der Waals surface area contributed by atoms with Crippen molar-refractivity contribution in [2.45, 2.75) is 32.0 Å². The average molecular weight is 375 g/mol. The SMILES string of the molecule is COC(=O)[C@H](C)C[C@H](NC(=O)Cc1ccc(C(F)(F)F)cc1)C(=O)OC. The van der Waals surface area contributed by atoms with Gasteiger partial charge < -0.3 is 14.8 Å². The van der Waals surface area contributed by atoms with Crippen LogP contribution >= 0.6 is 0 Å². The summed E-state index contributed by atoms with van der Waals surface area (Å²) in [5.74, 6) is -2.52. The number of ether oxygens (including phenoxy) is 2. The van der Waals surface area contributed by atoms with Gasteiger partial charge in [-0.1, -0.05) is 19.1 Å². The van der Waals surface area contributed by atoms with Gasteiger partial charge in [-0.15, -0.1) is 0 Å². The van der Waals surface area contributed by atoms with Crippen LogP contribution in [0.4, 0.5) is 13.2 Å². The van der Waals surface area contributed by atoms with Crippen molar-refractivity contribution in [3.05, 3.63) is 35.4 Å². The highest BCUT2D eigenvalue weighted by atomic mass is 19.4. The molecule has 144 valence electrons. The molecule has 0 spiro atoms. The van der Waals surface area contributed by atoms with Crippen LogP contribution in [-0.4, -0.2) is 38.1 Å². The molecule has 1 aromatic carbocycles. The van der Waals surface area contributed by atoms with Crippen molar-refractivity contribution >= 4 is 17.8 Å². The summed E-state index contributed by atoms with van der Waals surface area (Å²) in [6.07, 6.45) is -4.71. The number of rotatable bonds is 7. The molecular weight excluding hydrogens is 355 g/mol. The summed E-state index contributed by atoms with van der Waals surface area (Å²) >= 11 is 0. The van der Waals surface area contributed by atoms with Gasteiger partial charge in [0.1, 0.15) is 6.04 Å². The highest BCUT2D eigenvalue weighted by Gasteiger charge is 2.30. The van der Waals surface area contributed by atoms with Crippen molar-refractivity contribution in [1.82, 2.24) is 5.32 Å². The van der Waals surface area contributed by atoms with E-state index >= 15 is 0 Å². The third-order valence-corrected chi connectivity index (χ3v) is 3.66. The van der Waals surface area contributed by atoms with Gasteiger partial charge in [0.25, 0.3) is 0 Å². The van der Waals surface area contributed by atoms with Gasteiger partial charge in [0.15, 0.2) is 0 Å². The normalized spacial score (nSPS) is 13.5. The van der Waals surface area contributed by atoms with Gasteiger partial charge in [0, 0.05) is 0 Å². The predicted octanol–water partition coefficient (Wildman–Crippen LogP) is 2.10. The summed E-state index contributed by atoms with van der Waals surface area (Å²) in [6.45, 7) is 1.53. The first-order valence-corrected chi connectivity index (χ1v) is 7.69. The summed E-state index contributed by atoms with van der Waals surface area (Å²) < 4.78 is 46.8. The number of alkyl halides is 3. The van der Waals surface area contributed by atoms with Gasteiger partial charge in [-0.05, 0) is 24.1 Å². The van der Waals surface area contributed by atoms with E-state index in [9.17, 15) is 27.6 Å². The molecule has 6 nitrogen and oxygen atoms in total. The fraction of sp³-hybridized carbons (Fsp3) is 0.471. The topological polar surface area (TPSA) is 81.7 Å². The second-order valence-electron chi connectivity index (χ2n) is 5.67. The van der Waals surface area contributed by atoms with Gasteiger partial charge in [-0.25, -0.2) is 4.79 Å². The number of hydrogen-bond donors (Lipinski definition) is 1. The first-order valence-electron chi connectivity index (χ1n) is 7.69. The van der Waals surface area contributed by atoms with Crippen LogP contribution in [0.15, 0.2) is 24.3 Å². The number of carbonyl (C=O) groups is 3. The molecule has 0 heterocycles. The largest absolute Gasteiger partial charge is 0.469 e. The Hall–Kier alpha value is -2.58. The lowest BCUT2D eigenvalue weighted by molar-refractivity contribution is -0.149. The van der Waals surface area contributed by atoms with E-state index in [1.54, 1.807) is 0 Å². The van der Waals surface area contributed by atoms with Crippen LogP contribution in [0.3, 0.4) is 0 Å². The molecule has 26 heavy (non-hydrogen) atoms. The van der Waals surface area contributed by atoms with Gasteiger partial charge in [0.05, 0.1) is 32.1 Å². The number of hydrogen-bond acceptors (Lipinski definition) is 5. The summed E-state index contributed by atoms with van der Waals surface area (Å²) in [5, 5.41) is 2.43. The maximum absolute atomic E-state index is 12.5. The van der Waals surface area contributed by atoms with Crippen LogP contribution < -0.4 is 5.32 Å². The lowest BCUT2D eigenvalue weighted by atomic mass is 10.0. The van der Waals surface area contributed by atoms with Gasteiger partial charge in [-0.3, -0.25) is 9.59 Å². The molecular formula is C17H20F3NO5. The lowest BCUT2D eigenvalue weighted by Crippen LogP contribution is -2.44.